The number of hydrogen-bond donors (Lipinski definition) is 2. The molecule has 0 radical (unpaired) electrons. The van der Waals surface area contributed by atoms with Gasteiger partial charge in [-0.15, -0.1) is 0 Å². The van der Waals surface area contributed by atoms with Gasteiger partial charge in [0.2, 0.25) is 10.0 Å². The van der Waals surface area contributed by atoms with E-state index in [1.54, 1.807) is 32.9 Å². The highest BCUT2D eigenvalue weighted by atomic mass is 32.2. The third-order valence-electron chi connectivity index (χ3n) is 6.88. The number of benzene rings is 1. The highest BCUT2D eigenvalue weighted by Crippen LogP contribution is 2.47. The summed E-state index contributed by atoms with van der Waals surface area (Å²) >= 11 is 0. The van der Waals surface area contributed by atoms with E-state index in [4.69, 9.17) is 9.47 Å². The Kier molecular flexibility index (Phi) is 9.34. The molecule has 0 bridgehead atoms. The molecule has 0 saturated heterocycles. The molecule has 3 rings (SSSR count). The summed E-state index contributed by atoms with van der Waals surface area (Å²) < 4.78 is 79.5. The van der Waals surface area contributed by atoms with Gasteiger partial charge in [-0.2, -0.15) is 13.2 Å². The highest BCUT2D eigenvalue weighted by molar-refractivity contribution is 7.89. The molecule has 1 saturated carbocycles. The van der Waals surface area contributed by atoms with Crippen LogP contribution < -0.4 is 14.8 Å². The fourth-order valence-electron chi connectivity index (χ4n) is 4.12. The number of carbonyl (C=O) groups is 1. The van der Waals surface area contributed by atoms with Crippen LogP contribution >= 0.6 is 0 Å². The molecule has 0 atom stereocenters. The predicted molar refractivity (Wildman–Crippen MR) is 135 cm³/mol. The first-order chi connectivity index (χ1) is 17.3. The standard InChI is InChI=1S/C26H37F3N2O5S/c1-4-35-23(32)17-30-14-6-5-7-15-37(33,34)31-25(12-13-25)24(2,3)20-10-11-21(26(27,28)29)22(16-20)36-18-19-8-9-19/h10-13,16,19,30-31H,4-9,14-15,17-18H2,1-3H3. The van der Waals surface area contributed by atoms with Crippen molar-refractivity contribution in [3.05, 3.63) is 41.5 Å². The molecule has 2 N–H and O–H groups in total. The number of hydrogen-bond acceptors (Lipinski definition) is 6. The van der Waals surface area contributed by atoms with E-state index in [0.29, 0.717) is 38.0 Å². The lowest BCUT2D eigenvalue weighted by molar-refractivity contribution is -0.142. The third-order valence-corrected chi connectivity index (χ3v) is 8.35. The summed E-state index contributed by atoms with van der Waals surface area (Å²) in [5.74, 6) is -0.337. The minimum atomic E-state index is -4.55. The van der Waals surface area contributed by atoms with Gasteiger partial charge >= 0.3 is 12.1 Å². The molecule has 0 aliphatic heterocycles. The number of unbranched alkanes of at least 4 members (excludes halogenated alkanes) is 2. The summed E-state index contributed by atoms with van der Waals surface area (Å²) in [6.45, 7) is 6.60. The summed E-state index contributed by atoms with van der Waals surface area (Å²) in [5.41, 5.74) is -2.13. The Morgan fingerprint density at radius 3 is 2.43 bits per heavy atom. The van der Waals surface area contributed by atoms with Crippen molar-refractivity contribution in [3.8, 4) is 5.75 Å². The van der Waals surface area contributed by atoms with Crippen molar-refractivity contribution in [2.45, 2.75) is 70.0 Å². The zero-order valence-electron chi connectivity index (χ0n) is 21.6. The maximum atomic E-state index is 13.6. The van der Waals surface area contributed by atoms with Crippen LogP contribution in [0.2, 0.25) is 0 Å². The van der Waals surface area contributed by atoms with E-state index in [-0.39, 0.29) is 36.5 Å². The van der Waals surface area contributed by atoms with E-state index in [1.165, 1.54) is 12.1 Å². The van der Waals surface area contributed by atoms with Gasteiger partial charge in [0, 0.05) is 5.41 Å². The molecule has 37 heavy (non-hydrogen) atoms. The molecule has 1 aromatic carbocycles. The number of ether oxygens (including phenoxy) is 2. The van der Waals surface area contributed by atoms with Crippen LogP contribution in [0.4, 0.5) is 13.2 Å². The second kappa shape index (κ2) is 11.7. The van der Waals surface area contributed by atoms with Gasteiger partial charge in [-0.1, -0.05) is 38.5 Å². The summed E-state index contributed by atoms with van der Waals surface area (Å²) in [7, 11) is -3.65. The van der Waals surface area contributed by atoms with E-state index in [1.807, 2.05) is 0 Å². The number of alkyl halides is 3. The van der Waals surface area contributed by atoms with Gasteiger partial charge in [-0.3, -0.25) is 4.79 Å². The molecule has 1 aromatic rings. The lowest BCUT2D eigenvalue weighted by Crippen LogP contribution is -2.51. The van der Waals surface area contributed by atoms with Crippen molar-refractivity contribution >= 4 is 16.0 Å². The van der Waals surface area contributed by atoms with E-state index in [9.17, 15) is 26.4 Å². The van der Waals surface area contributed by atoms with Crippen LogP contribution in [-0.4, -0.2) is 52.0 Å². The van der Waals surface area contributed by atoms with Crippen LogP contribution in [0.3, 0.4) is 0 Å². The molecule has 2 aliphatic carbocycles. The Morgan fingerprint density at radius 1 is 1.14 bits per heavy atom. The maximum absolute atomic E-state index is 13.6. The molecule has 0 heterocycles. The van der Waals surface area contributed by atoms with Crippen LogP contribution in [0.15, 0.2) is 30.4 Å². The molecule has 1 fully saturated rings. The molecule has 208 valence electrons. The molecule has 0 unspecified atom stereocenters. The Morgan fingerprint density at radius 2 is 1.84 bits per heavy atom. The van der Waals surface area contributed by atoms with Gasteiger partial charge in [-0.25, -0.2) is 13.1 Å². The average Bonchev–Trinajstić information content (AvgIpc) is 3.73. The first-order valence-corrected chi connectivity index (χ1v) is 14.4. The molecule has 2 aliphatic rings. The number of carbonyl (C=O) groups excluding carboxylic acids is 1. The van der Waals surface area contributed by atoms with Gasteiger partial charge < -0.3 is 14.8 Å². The fraction of sp³-hybridized carbons (Fsp3) is 0.654. The molecule has 0 aromatic heterocycles. The molecular formula is C26H37F3N2O5S. The zero-order valence-corrected chi connectivity index (χ0v) is 22.4. The SMILES string of the molecule is CCOC(=O)CNCCCCCS(=O)(=O)NC1(C(C)(C)c2ccc(C(F)(F)F)c(OCC3CC3)c2)C=C1. The monoisotopic (exact) mass is 546 g/mol. The molecule has 0 spiro atoms. The average molecular weight is 547 g/mol. The molecular weight excluding hydrogens is 509 g/mol. The third kappa shape index (κ3) is 8.19. The number of esters is 1. The van der Waals surface area contributed by atoms with Crippen LogP contribution in [0, 0.1) is 5.92 Å². The van der Waals surface area contributed by atoms with Gasteiger partial charge in [0.05, 0.1) is 36.6 Å². The van der Waals surface area contributed by atoms with Crippen LogP contribution in [0.5, 0.6) is 5.75 Å². The second-order valence-corrected chi connectivity index (χ2v) is 12.1. The van der Waals surface area contributed by atoms with Crippen molar-refractivity contribution in [1.82, 2.24) is 10.0 Å². The van der Waals surface area contributed by atoms with Crippen molar-refractivity contribution in [1.29, 1.82) is 0 Å². The lowest BCUT2D eigenvalue weighted by Gasteiger charge is -2.36. The Bertz CT molecular complexity index is 1080. The smallest absolute Gasteiger partial charge is 0.419 e. The number of rotatable bonds is 16. The van der Waals surface area contributed by atoms with E-state index < -0.39 is 32.7 Å². The maximum Gasteiger partial charge on any atom is 0.419 e. The van der Waals surface area contributed by atoms with Gasteiger partial charge in [0.1, 0.15) is 5.75 Å². The Labute approximate surface area is 217 Å². The summed E-state index contributed by atoms with van der Waals surface area (Å²) in [4.78, 5) is 11.3. The van der Waals surface area contributed by atoms with Crippen molar-refractivity contribution in [2.24, 2.45) is 5.92 Å². The van der Waals surface area contributed by atoms with E-state index in [0.717, 1.165) is 18.9 Å². The normalized spacial score (nSPS) is 17.0. The summed E-state index contributed by atoms with van der Waals surface area (Å²) in [6.07, 6.45) is 2.61. The Balaban J connectivity index is 1.58. The number of sulfonamides is 1. The van der Waals surface area contributed by atoms with Gasteiger partial charge in [-0.05, 0) is 62.8 Å². The summed E-state index contributed by atoms with van der Waals surface area (Å²) in [5, 5.41) is 2.96. The van der Waals surface area contributed by atoms with Crippen molar-refractivity contribution in [3.63, 3.8) is 0 Å². The quantitative estimate of drug-likeness (QED) is 0.182. The molecule has 7 nitrogen and oxygen atoms in total. The predicted octanol–water partition coefficient (Wildman–Crippen LogP) is 4.32. The molecule has 0 amide bonds. The summed E-state index contributed by atoms with van der Waals surface area (Å²) in [6, 6.07) is 3.80. The minimum Gasteiger partial charge on any atom is -0.493 e. The molecule has 11 heteroatoms. The largest absolute Gasteiger partial charge is 0.493 e. The van der Waals surface area contributed by atoms with Crippen LogP contribution in [0.25, 0.3) is 0 Å². The van der Waals surface area contributed by atoms with Crippen LogP contribution in [-0.2, 0) is 31.1 Å². The van der Waals surface area contributed by atoms with E-state index in [2.05, 4.69) is 10.0 Å². The highest BCUT2D eigenvalue weighted by Gasteiger charge is 2.52. The van der Waals surface area contributed by atoms with Crippen molar-refractivity contribution < 1.29 is 35.9 Å². The lowest BCUT2D eigenvalue weighted by atomic mass is 9.74. The number of halogens is 3. The van der Waals surface area contributed by atoms with E-state index >= 15 is 0 Å². The fourth-order valence-corrected chi connectivity index (χ4v) is 5.71. The minimum absolute atomic E-state index is 0.0762. The van der Waals surface area contributed by atoms with Crippen molar-refractivity contribution in [2.75, 3.05) is 32.1 Å². The Hall–Kier alpha value is -2.11. The van der Waals surface area contributed by atoms with Gasteiger partial charge in [0.15, 0.2) is 0 Å². The topological polar surface area (TPSA) is 93.7 Å². The van der Waals surface area contributed by atoms with Crippen LogP contribution in [0.1, 0.15) is 64.0 Å². The first kappa shape index (κ1) is 29.4. The zero-order chi connectivity index (χ0) is 27.3. The second-order valence-electron chi connectivity index (χ2n) is 10.3. The first-order valence-electron chi connectivity index (χ1n) is 12.7. The van der Waals surface area contributed by atoms with Gasteiger partial charge in [0.25, 0.3) is 0 Å². The number of nitrogens with one attached hydrogen (secondary N) is 2.